The number of anilines is 1. The summed E-state index contributed by atoms with van der Waals surface area (Å²) in [6.45, 7) is 0.206. The van der Waals surface area contributed by atoms with Crippen molar-refractivity contribution in [2.45, 2.75) is 31.2 Å². The van der Waals surface area contributed by atoms with Crippen LogP contribution in [-0.2, 0) is 9.53 Å². The van der Waals surface area contributed by atoms with Gasteiger partial charge in [-0.1, -0.05) is 48.5 Å². The molecule has 5 rings (SSSR count). The van der Waals surface area contributed by atoms with Crippen molar-refractivity contribution in [2.75, 3.05) is 11.9 Å². The minimum Gasteiger partial charge on any atom is -0.481 e. The van der Waals surface area contributed by atoms with E-state index in [-0.39, 0.29) is 42.5 Å². The van der Waals surface area contributed by atoms with Crippen LogP contribution >= 0.6 is 0 Å². The lowest BCUT2D eigenvalue weighted by atomic mass is 9.78. The normalized spacial score (nSPS) is 18.1. The first kappa shape index (κ1) is 22.6. The standard InChI is InChI=1S/C27H25N3O5/c31-25(32)13-16-11-18(12-16)29-26(33)24-10-9-17(14-28-24)30-27(34)35-15-23-21-7-3-1-5-19(21)20-6-2-4-8-22(20)23/h1-10,14,16,18,23H,11-13,15H2,(H,29,33)(H,30,34)(H,31,32). The van der Waals surface area contributed by atoms with Crippen molar-refractivity contribution in [3.63, 3.8) is 0 Å². The Morgan fingerprint density at radius 1 is 0.943 bits per heavy atom. The number of rotatable bonds is 7. The van der Waals surface area contributed by atoms with Gasteiger partial charge >= 0.3 is 12.1 Å². The van der Waals surface area contributed by atoms with Crippen LogP contribution in [0.15, 0.2) is 66.9 Å². The Morgan fingerprint density at radius 3 is 2.20 bits per heavy atom. The number of nitrogens with one attached hydrogen (secondary N) is 2. The maximum Gasteiger partial charge on any atom is 0.411 e. The van der Waals surface area contributed by atoms with Crippen LogP contribution in [0.1, 0.15) is 46.8 Å². The van der Waals surface area contributed by atoms with Crippen molar-refractivity contribution in [3.8, 4) is 11.1 Å². The third kappa shape index (κ3) is 4.87. The molecule has 2 amide bonds. The predicted octanol–water partition coefficient (Wildman–Crippen LogP) is 4.43. The maximum absolute atomic E-state index is 12.4. The highest BCUT2D eigenvalue weighted by Gasteiger charge is 2.32. The van der Waals surface area contributed by atoms with E-state index in [9.17, 15) is 14.4 Å². The number of aliphatic carboxylic acids is 1. The number of carbonyl (C=O) groups excluding carboxylic acids is 2. The Balaban J connectivity index is 1.13. The quantitative estimate of drug-likeness (QED) is 0.469. The first-order valence-corrected chi connectivity index (χ1v) is 11.6. The van der Waals surface area contributed by atoms with Crippen molar-refractivity contribution in [1.29, 1.82) is 0 Å². The Morgan fingerprint density at radius 2 is 1.60 bits per heavy atom. The SMILES string of the molecule is O=C(O)CC1CC(NC(=O)c2ccc(NC(=O)OCC3c4ccccc4-c4ccccc43)cn2)C1. The second-order valence-corrected chi connectivity index (χ2v) is 8.99. The largest absolute Gasteiger partial charge is 0.481 e. The van der Waals surface area contributed by atoms with Gasteiger partial charge < -0.3 is 15.2 Å². The van der Waals surface area contributed by atoms with Gasteiger partial charge in [0.1, 0.15) is 12.3 Å². The summed E-state index contributed by atoms with van der Waals surface area (Å²) in [5, 5.41) is 14.3. The molecule has 0 unspecified atom stereocenters. The molecule has 1 aromatic heterocycles. The lowest BCUT2D eigenvalue weighted by Crippen LogP contribution is -2.45. The zero-order valence-corrected chi connectivity index (χ0v) is 18.9. The van der Waals surface area contributed by atoms with E-state index in [4.69, 9.17) is 9.84 Å². The van der Waals surface area contributed by atoms with Crippen LogP contribution in [0.5, 0.6) is 0 Å². The van der Waals surface area contributed by atoms with E-state index in [0.717, 1.165) is 22.3 Å². The summed E-state index contributed by atoms with van der Waals surface area (Å²) in [5.74, 6) is -1.06. The number of nitrogens with zero attached hydrogens (tertiary/aromatic N) is 1. The lowest BCUT2D eigenvalue weighted by Gasteiger charge is -2.34. The molecule has 1 heterocycles. The van der Waals surface area contributed by atoms with Crippen molar-refractivity contribution < 1.29 is 24.2 Å². The second-order valence-electron chi connectivity index (χ2n) is 8.99. The van der Waals surface area contributed by atoms with Gasteiger partial charge in [-0.05, 0) is 53.1 Å². The number of amides is 2. The fraction of sp³-hybridized carbons (Fsp3) is 0.259. The summed E-state index contributed by atoms with van der Waals surface area (Å²) in [5.41, 5.74) is 5.25. The number of fused-ring (bicyclic) bond motifs is 3. The molecule has 1 saturated carbocycles. The van der Waals surface area contributed by atoms with Gasteiger partial charge in [0.25, 0.3) is 5.91 Å². The van der Waals surface area contributed by atoms with Crippen LogP contribution in [0, 0.1) is 5.92 Å². The number of aromatic nitrogens is 1. The summed E-state index contributed by atoms with van der Waals surface area (Å²) in [6, 6.07) is 19.4. The number of ether oxygens (including phenoxy) is 1. The third-order valence-electron chi connectivity index (χ3n) is 6.62. The van der Waals surface area contributed by atoms with Crippen molar-refractivity contribution in [2.24, 2.45) is 5.92 Å². The highest BCUT2D eigenvalue weighted by Crippen LogP contribution is 2.44. The molecule has 0 radical (unpaired) electrons. The van der Waals surface area contributed by atoms with Gasteiger partial charge in [0.2, 0.25) is 0 Å². The lowest BCUT2D eigenvalue weighted by molar-refractivity contribution is -0.138. The molecule has 0 spiro atoms. The number of carbonyl (C=O) groups is 3. The average Bonchev–Trinajstić information content (AvgIpc) is 3.15. The van der Waals surface area contributed by atoms with Crippen LogP contribution < -0.4 is 10.6 Å². The van der Waals surface area contributed by atoms with E-state index >= 15 is 0 Å². The number of carboxylic acid groups (broad SMARTS) is 1. The van der Waals surface area contributed by atoms with Gasteiger partial charge in [0.15, 0.2) is 0 Å². The Hall–Kier alpha value is -4.20. The number of hydrogen-bond acceptors (Lipinski definition) is 5. The molecular formula is C27H25N3O5. The molecular weight excluding hydrogens is 446 g/mol. The Kier molecular flexibility index (Phi) is 6.18. The molecule has 35 heavy (non-hydrogen) atoms. The molecule has 0 saturated heterocycles. The minimum atomic E-state index is -0.819. The van der Waals surface area contributed by atoms with E-state index in [2.05, 4.69) is 39.9 Å². The van der Waals surface area contributed by atoms with Gasteiger partial charge in [-0.2, -0.15) is 0 Å². The van der Waals surface area contributed by atoms with Gasteiger partial charge in [-0.15, -0.1) is 0 Å². The molecule has 3 aromatic rings. The Bertz CT molecular complexity index is 1220. The third-order valence-corrected chi connectivity index (χ3v) is 6.62. The predicted molar refractivity (Wildman–Crippen MR) is 129 cm³/mol. The minimum absolute atomic E-state index is 0.0288. The number of benzene rings is 2. The molecule has 1 fully saturated rings. The zero-order valence-electron chi connectivity index (χ0n) is 18.9. The van der Waals surface area contributed by atoms with Crippen LogP contribution in [0.3, 0.4) is 0 Å². The van der Waals surface area contributed by atoms with Crippen LogP contribution in [-0.4, -0.2) is 40.7 Å². The molecule has 8 nitrogen and oxygen atoms in total. The van der Waals surface area contributed by atoms with Gasteiger partial charge in [0, 0.05) is 18.4 Å². The van der Waals surface area contributed by atoms with E-state index in [0.29, 0.717) is 18.5 Å². The first-order chi connectivity index (χ1) is 17.0. The smallest absolute Gasteiger partial charge is 0.411 e. The first-order valence-electron chi connectivity index (χ1n) is 11.6. The average molecular weight is 472 g/mol. The topological polar surface area (TPSA) is 118 Å². The van der Waals surface area contributed by atoms with Crippen LogP contribution in [0.25, 0.3) is 11.1 Å². The molecule has 2 aliphatic rings. The van der Waals surface area contributed by atoms with Crippen molar-refractivity contribution in [1.82, 2.24) is 10.3 Å². The Labute approximate surface area is 202 Å². The van der Waals surface area contributed by atoms with E-state index in [1.54, 1.807) is 6.07 Å². The molecule has 8 heteroatoms. The molecule has 2 aromatic carbocycles. The summed E-state index contributed by atoms with van der Waals surface area (Å²) < 4.78 is 5.53. The fourth-order valence-corrected chi connectivity index (χ4v) is 4.88. The molecule has 0 bridgehead atoms. The second kappa shape index (κ2) is 9.58. The molecule has 178 valence electrons. The monoisotopic (exact) mass is 471 g/mol. The van der Waals surface area contributed by atoms with Crippen molar-refractivity contribution in [3.05, 3.63) is 83.7 Å². The molecule has 2 aliphatic carbocycles. The summed E-state index contributed by atoms with van der Waals surface area (Å²) in [4.78, 5) is 39.7. The van der Waals surface area contributed by atoms with Crippen molar-refractivity contribution >= 4 is 23.7 Å². The van der Waals surface area contributed by atoms with E-state index in [1.807, 2.05) is 24.3 Å². The molecule has 3 N–H and O–H groups in total. The number of pyridine rings is 1. The number of carboxylic acids is 1. The van der Waals surface area contributed by atoms with Gasteiger partial charge in [-0.3, -0.25) is 14.9 Å². The van der Waals surface area contributed by atoms with Gasteiger partial charge in [-0.25, -0.2) is 9.78 Å². The van der Waals surface area contributed by atoms with Crippen LogP contribution in [0.4, 0.5) is 10.5 Å². The molecule has 0 atom stereocenters. The van der Waals surface area contributed by atoms with Crippen LogP contribution in [0.2, 0.25) is 0 Å². The summed E-state index contributed by atoms with van der Waals surface area (Å²) in [7, 11) is 0. The summed E-state index contributed by atoms with van der Waals surface area (Å²) in [6.07, 6.45) is 2.24. The highest BCUT2D eigenvalue weighted by molar-refractivity contribution is 5.93. The summed E-state index contributed by atoms with van der Waals surface area (Å²) >= 11 is 0. The molecule has 0 aliphatic heterocycles. The van der Waals surface area contributed by atoms with E-state index < -0.39 is 12.1 Å². The maximum atomic E-state index is 12.4. The van der Waals surface area contributed by atoms with E-state index in [1.165, 1.54) is 12.3 Å². The van der Waals surface area contributed by atoms with Gasteiger partial charge in [0.05, 0.1) is 11.9 Å². The fourth-order valence-electron chi connectivity index (χ4n) is 4.88. The highest BCUT2D eigenvalue weighted by atomic mass is 16.5. The number of hydrogen-bond donors (Lipinski definition) is 3. The zero-order chi connectivity index (χ0) is 24.4.